The van der Waals surface area contributed by atoms with E-state index in [1.165, 1.54) is 0 Å². The van der Waals surface area contributed by atoms with E-state index in [1.54, 1.807) is 14.2 Å². The second-order valence-electron chi connectivity index (χ2n) is 5.25. The molecule has 0 aliphatic carbocycles. The summed E-state index contributed by atoms with van der Waals surface area (Å²) >= 11 is 0. The maximum absolute atomic E-state index is 9.73. The molecule has 1 aromatic rings. The van der Waals surface area contributed by atoms with Crippen molar-refractivity contribution >= 4 is 0 Å². The van der Waals surface area contributed by atoms with Gasteiger partial charge in [-0.3, -0.25) is 0 Å². The van der Waals surface area contributed by atoms with E-state index < -0.39 is 0 Å². The molecule has 0 saturated heterocycles. The average Bonchev–Trinajstić information content (AvgIpc) is 2.56. The van der Waals surface area contributed by atoms with Gasteiger partial charge in [0.2, 0.25) is 11.5 Å². The average molecular weight is 326 g/mol. The predicted molar refractivity (Wildman–Crippen MR) is 91.1 cm³/mol. The SMILES string of the molecule is CCOc1cc(CCCC(O)CC)c(OCC)c(OC)c1OC. The first kappa shape index (κ1) is 19.4. The van der Waals surface area contributed by atoms with E-state index >= 15 is 0 Å². The Kier molecular flexibility index (Phi) is 8.62. The van der Waals surface area contributed by atoms with Crippen molar-refractivity contribution in [2.45, 2.75) is 52.6 Å². The number of aliphatic hydroxyl groups excluding tert-OH is 1. The van der Waals surface area contributed by atoms with Gasteiger partial charge in [-0.2, -0.15) is 0 Å². The molecule has 0 heterocycles. The minimum Gasteiger partial charge on any atom is -0.490 e. The number of aryl methyl sites for hydroxylation is 1. The van der Waals surface area contributed by atoms with Crippen molar-refractivity contribution in [3.05, 3.63) is 11.6 Å². The summed E-state index contributed by atoms with van der Waals surface area (Å²) < 4.78 is 22.4. The zero-order valence-electron chi connectivity index (χ0n) is 15.0. The highest BCUT2D eigenvalue weighted by atomic mass is 16.5. The highest BCUT2D eigenvalue weighted by molar-refractivity contribution is 5.63. The molecule has 1 rings (SSSR count). The molecule has 5 nitrogen and oxygen atoms in total. The van der Waals surface area contributed by atoms with Gasteiger partial charge in [0, 0.05) is 5.56 Å². The van der Waals surface area contributed by atoms with Gasteiger partial charge in [0.25, 0.3) is 0 Å². The predicted octanol–water partition coefficient (Wildman–Crippen LogP) is 3.59. The first-order chi connectivity index (χ1) is 11.1. The van der Waals surface area contributed by atoms with Crippen molar-refractivity contribution in [2.75, 3.05) is 27.4 Å². The minimum atomic E-state index is -0.253. The second-order valence-corrected chi connectivity index (χ2v) is 5.25. The Hall–Kier alpha value is -1.62. The number of hydrogen-bond donors (Lipinski definition) is 1. The van der Waals surface area contributed by atoms with Crippen molar-refractivity contribution in [3.8, 4) is 23.0 Å². The molecule has 1 N–H and O–H groups in total. The summed E-state index contributed by atoms with van der Waals surface area (Å²) in [5.41, 5.74) is 1.01. The molecular formula is C18H30O5. The monoisotopic (exact) mass is 326 g/mol. The highest BCUT2D eigenvalue weighted by Crippen LogP contribution is 2.47. The topological polar surface area (TPSA) is 57.2 Å². The van der Waals surface area contributed by atoms with Gasteiger partial charge < -0.3 is 24.1 Å². The summed E-state index contributed by atoms with van der Waals surface area (Å²) in [5.74, 6) is 2.46. The molecule has 1 aromatic carbocycles. The molecule has 0 fully saturated rings. The molecule has 0 aromatic heterocycles. The van der Waals surface area contributed by atoms with E-state index in [1.807, 2.05) is 26.8 Å². The van der Waals surface area contributed by atoms with Crippen molar-refractivity contribution in [1.82, 2.24) is 0 Å². The van der Waals surface area contributed by atoms with Crippen LogP contribution in [-0.4, -0.2) is 38.6 Å². The van der Waals surface area contributed by atoms with Crippen LogP contribution in [0.2, 0.25) is 0 Å². The number of hydrogen-bond acceptors (Lipinski definition) is 5. The smallest absolute Gasteiger partial charge is 0.207 e. The number of rotatable bonds is 11. The maximum Gasteiger partial charge on any atom is 0.207 e. The van der Waals surface area contributed by atoms with Crippen LogP contribution in [0.4, 0.5) is 0 Å². The van der Waals surface area contributed by atoms with Crippen LogP contribution in [0.3, 0.4) is 0 Å². The van der Waals surface area contributed by atoms with Crippen molar-refractivity contribution < 1.29 is 24.1 Å². The third kappa shape index (κ3) is 5.20. The molecule has 5 heteroatoms. The molecule has 0 amide bonds. The van der Waals surface area contributed by atoms with Crippen LogP contribution in [0.15, 0.2) is 6.07 Å². The third-order valence-corrected chi connectivity index (χ3v) is 3.68. The summed E-state index contributed by atoms with van der Waals surface area (Å²) in [6, 6.07) is 1.95. The summed E-state index contributed by atoms with van der Waals surface area (Å²) in [7, 11) is 3.19. The van der Waals surface area contributed by atoms with Gasteiger partial charge in [0.1, 0.15) is 0 Å². The fourth-order valence-corrected chi connectivity index (χ4v) is 2.51. The first-order valence-corrected chi connectivity index (χ1v) is 8.34. The quantitative estimate of drug-likeness (QED) is 0.673. The van der Waals surface area contributed by atoms with Crippen LogP contribution >= 0.6 is 0 Å². The van der Waals surface area contributed by atoms with E-state index in [0.29, 0.717) is 36.2 Å². The van der Waals surface area contributed by atoms with Gasteiger partial charge in [0.15, 0.2) is 11.5 Å². The summed E-state index contributed by atoms with van der Waals surface area (Å²) in [6.45, 7) is 6.94. The number of benzene rings is 1. The molecule has 1 unspecified atom stereocenters. The van der Waals surface area contributed by atoms with Crippen LogP contribution in [-0.2, 0) is 6.42 Å². The Bertz CT molecular complexity index is 473. The lowest BCUT2D eigenvalue weighted by Crippen LogP contribution is -2.07. The molecule has 132 valence electrons. The Morgan fingerprint density at radius 1 is 0.957 bits per heavy atom. The Labute approximate surface area is 139 Å². The Morgan fingerprint density at radius 2 is 1.61 bits per heavy atom. The van der Waals surface area contributed by atoms with Gasteiger partial charge >= 0.3 is 0 Å². The van der Waals surface area contributed by atoms with E-state index in [2.05, 4.69) is 0 Å². The molecule has 1 atom stereocenters. The number of aliphatic hydroxyl groups is 1. The van der Waals surface area contributed by atoms with Gasteiger partial charge in [0.05, 0.1) is 33.5 Å². The van der Waals surface area contributed by atoms with Crippen molar-refractivity contribution in [2.24, 2.45) is 0 Å². The lowest BCUT2D eigenvalue weighted by atomic mass is 10.0. The highest BCUT2D eigenvalue weighted by Gasteiger charge is 2.22. The van der Waals surface area contributed by atoms with Crippen LogP contribution in [0.1, 0.15) is 45.6 Å². The van der Waals surface area contributed by atoms with Crippen LogP contribution in [0.5, 0.6) is 23.0 Å². The maximum atomic E-state index is 9.73. The fourth-order valence-electron chi connectivity index (χ4n) is 2.51. The molecule has 0 aliphatic heterocycles. The van der Waals surface area contributed by atoms with Crippen LogP contribution in [0.25, 0.3) is 0 Å². The van der Waals surface area contributed by atoms with E-state index in [-0.39, 0.29) is 6.10 Å². The summed E-state index contributed by atoms with van der Waals surface area (Å²) in [6.07, 6.45) is 2.94. The van der Waals surface area contributed by atoms with Crippen molar-refractivity contribution in [3.63, 3.8) is 0 Å². The van der Waals surface area contributed by atoms with Crippen LogP contribution in [0, 0.1) is 0 Å². The minimum absolute atomic E-state index is 0.253. The van der Waals surface area contributed by atoms with Crippen LogP contribution < -0.4 is 18.9 Å². The molecule has 0 bridgehead atoms. The second kappa shape index (κ2) is 10.2. The third-order valence-electron chi connectivity index (χ3n) is 3.68. The summed E-state index contributed by atoms with van der Waals surface area (Å²) in [5, 5.41) is 9.73. The van der Waals surface area contributed by atoms with E-state index in [4.69, 9.17) is 18.9 Å². The molecule has 0 aliphatic rings. The largest absolute Gasteiger partial charge is 0.490 e. The summed E-state index contributed by atoms with van der Waals surface area (Å²) in [4.78, 5) is 0. The molecular weight excluding hydrogens is 296 g/mol. The Balaban J connectivity index is 3.16. The molecule has 0 radical (unpaired) electrons. The van der Waals surface area contributed by atoms with Gasteiger partial charge in [-0.1, -0.05) is 6.92 Å². The lowest BCUT2D eigenvalue weighted by molar-refractivity contribution is 0.157. The number of ether oxygens (including phenoxy) is 4. The zero-order valence-corrected chi connectivity index (χ0v) is 15.0. The van der Waals surface area contributed by atoms with Gasteiger partial charge in [-0.25, -0.2) is 0 Å². The zero-order chi connectivity index (χ0) is 17.2. The fraction of sp³-hybridized carbons (Fsp3) is 0.667. The molecule has 23 heavy (non-hydrogen) atoms. The van der Waals surface area contributed by atoms with Gasteiger partial charge in [-0.05, 0) is 45.6 Å². The lowest BCUT2D eigenvalue weighted by Gasteiger charge is -2.20. The Morgan fingerprint density at radius 3 is 2.13 bits per heavy atom. The molecule has 0 spiro atoms. The normalized spacial score (nSPS) is 11.9. The first-order valence-electron chi connectivity index (χ1n) is 8.34. The van der Waals surface area contributed by atoms with Crippen molar-refractivity contribution in [1.29, 1.82) is 0 Å². The number of methoxy groups -OCH3 is 2. The van der Waals surface area contributed by atoms with E-state index in [0.717, 1.165) is 31.2 Å². The standard InChI is InChI=1S/C18H30O5/c1-6-14(19)11-9-10-13-12-15(22-7-2)17(20-4)18(21-5)16(13)23-8-3/h12,14,19H,6-11H2,1-5H3. The van der Waals surface area contributed by atoms with Gasteiger partial charge in [-0.15, -0.1) is 0 Å². The molecule has 0 saturated carbocycles. The van der Waals surface area contributed by atoms with E-state index in [9.17, 15) is 5.11 Å².